The maximum Gasteiger partial charge on any atom is 0.270 e. The Kier molecular flexibility index (Phi) is 8.11. The van der Waals surface area contributed by atoms with Crippen molar-refractivity contribution in [3.05, 3.63) is 136 Å². The molecule has 1 heterocycles. The highest BCUT2D eigenvalue weighted by molar-refractivity contribution is 7.80. The standard InChI is InChI=1S/C34H22Cl2N2O4S/c35-23-12-10-22(30(36)18-23)20-41-31-17-11-21-6-4-5-9-27(21)28(31)19-29-32(39)37-34(43)38(33(29)40)24-13-15-26(16-14-24)42-25-7-2-1-3-8-25/h1-19H,20H2,(H,37,39,43). The van der Waals surface area contributed by atoms with E-state index in [4.69, 9.17) is 44.9 Å². The lowest BCUT2D eigenvalue weighted by Crippen LogP contribution is -2.54. The third kappa shape index (κ3) is 6.10. The highest BCUT2D eigenvalue weighted by Crippen LogP contribution is 2.33. The number of rotatable bonds is 7. The first-order valence-electron chi connectivity index (χ1n) is 13.2. The zero-order valence-corrected chi connectivity index (χ0v) is 24.7. The van der Waals surface area contributed by atoms with E-state index in [9.17, 15) is 9.59 Å². The van der Waals surface area contributed by atoms with E-state index in [1.807, 2.05) is 60.7 Å². The molecule has 5 aromatic rings. The van der Waals surface area contributed by atoms with Crippen LogP contribution < -0.4 is 19.7 Å². The Morgan fingerprint density at radius 1 is 0.814 bits per heavy atom. The van der Waals surface area contributed by atoms with E-state index in [2.05, 4.69) is 5.32 Å². The maximum atomic E-state index is 13.8. The molecule has 1 aliphatic heterocycles. The summed E-state index contributed by atoms with van der Waals surface area (Å²) in [5, 5.41) is 5.34. The molecule has 0 unspecified atom stereocenters. The maximum absolute atomic E-state index is 13.8. The van der Waals surface area contributed by atoms with Gasteiger partial charge >= 0.3 is 0 Å². The van der Waals surface area contributed by atoms with E-state index < -0.39 is 11.8 Å². The summed E-state index contributed by atoms with van der Waals surface area (Å²) in [5.74, 6) is 0.576. The zero-order valence-electron chi connectivity index (χ0n) is 22.4. The molecule has 0 aliphatic carbocycles. The van der Waals surface area contributed by atoms with Crippen molar-refractivity contribution >= 4 is 74.9 Å². The molecule has 1 aliphatic rings. The molecule has 0 bridgehead atoms. The molecule has 0 aromatic heterocycles. The molecule has 5 aromatic carbocycles. The first-order chi connectivity index (χ1) is 20.9. The van der Waals surface area contributed by atoms with Crippen molar-refractivity contribution in [2.24, 2.45) is 0 Å². The van der Waals surface area contributed by atoms with E-state index >= 15 is 0 Å². The molecule has 1 fully saturated rings. The first-order valence-corrected chi connectivity index (χ1v) is 14.4. The van der Waals surface area contributed by atoms with Gasteiger partial charge in [-0.25, -0.2) is 0 Å². The van der Waals surface area contributed by atoms with E-state index in [0.717, 1.165) is 16.3 Å². The molecule has 1 N–H and O–H groups in total. The molecule has 1 saturated heterocycles. The lowest BCUT2D eigenvalue weighted by Gasteiger charge is -2.29. The molecule has 9 heteroatoms. The summed E-state index contributed by atoms with van der Waals surface area (Å²) in [6.07, 6.45) is 1.54. The van der Waals surface area contributed by atoms with Gasteiger partial charge in [0.05, 0.1) is 5.69 Å². The average Bonchev–Trinajstić information content (AvgIpc) is 3.00. The molecule has 0 radical (unpaired) electrons. The molecule has 0 saturated carbocycles. The Labute approximate surface area is 263 Å². The third-order valence-corrected chi connectivity index (χ3v) is 7.66. The minimum Gasteiger partial charge on any atom is -0.488 e. The van der Waals surface area contributed by atoms with Crippen molar-refractivity contribution in [3.8, 4) is 17.2 Å². The topological polar surface area (TPSA) is 67.9 Å². The summed E-state index contributed by atoms with van der Waals surface area (Å²) in [6.45, 7) is 0.151. The summed E-state index contributed by atoms with van der Waals surface area (Å²) < 4.78 is 12.1. The number of para-hydroxylation sites is 1. The smallest absolute Gasteiger partial charge is 0.270 e. The second kappa shape index (κ2) is 12.3. The quantitative estimate of drug-likeness (QED) is 0.112. The molecule has 212 valence electrons. The van der Waals surface area contributed by atoms with E-state index in [0.29, 0.717) is 38.5 Å². The van der Waals surface area contributed by atoms with Gasteiger partial charge in [-0.15, -0.1) is 0 Å². The summed E-state index contributed by atoms with van der Waals surface area (Å²) >= 11 is 17.8. The van der Waals surface area contributed by atoms with Crippen LogP contribution in [0.2, 0.25) is 10.0 Å². The van der Waals surface area contributed by atoms with Crippen LogP contribution in [-0.4, -0.2) is 16.9 Å². The van der Waals surface area contributed by atoms with Crippen molar-refractivity contribution in [3.63, 3.8) is 0 Å². The first kappa shape index (κ1) is 28.4. The highest BCUT2D eigenvalue weighted by atomic mass is 35.5. The molecule has 2 amide bonds. The van der Waals surface area contributed by atoms with E-state index in [1.54, 1.807) is 54.6 Å². The number of hydrogen-bond acceptors (Lipinski definition) is 5. The van der Waals surface area contributed by atoms with Crippen LogP contribution in [0.4, 0.5) is 5.69 Å². The second-order valence-electron chi connectivity index (χ2n) is 9.59. The Bertz CT molecular complexity index is 1910. The molecule has 6 nitrogen and oxygen atoms in total. The third-order valence-electron chi connectivity index (χ3n) is 6.79. The van der Waals surface area contributed by atoms with Crippen molar-refractivity contribution in [2.75, 3.05) is 4.90 Å². The molecular weight excluding hydrogens is 603 g/mol. The summed E-state index contributed by atoms with van der Waals surface area (Å²) in [6, 6.07) is 32.8. The van der Waals surface area contributed by atoms with Crippen molar-refractivity contribution in [1.82, 2.24) is 5.32 Å². The summed E-state index contributed by atoms with van der Waals surface area (Å²) in [4.78, 5) is 28.3. The number of nitrogens with zero attached hydrogens (tertiary/aromatic N) is 1. The fourth-order valence-electron chi connectivity index (χ4n) is 4.67. The number of fused-ring (bicyclic) bond motifs is 1. The van der Waals surface area contributed by atoms with Gasteiger partial charge in [0.25, 0.3) is 11.8 Å². The Hall–Kier alpha value is -4.69. The van der Waals surface area contributed by atoms with Crippen LogP contribution >= 0.6 is 35.4 Å². The van der Waals surface area contributed by atoms with Gasteiger partial charge in [0.15, 0.2) is 5.11 Å². The molecular formula is C34H22Cl2N2O4S. The monoisotopic (exact) mass is 624 g/mol. The van der Waals surface area contributed by atoms with E-state index in [-0.39, 0.29) is 17.3 Å². The predicted octanol–water partition coefficient (Wildman–Crippen LogP) is 8.35. The van der Waals surface area contributed by atoms with Gasteiger partial charge in [-0.3, -0.25) is 19.8 Å². The zero-order chi connectivity index (χ0) is 29.9. The van der Waals surface area contributed by atoms with Crippen LogP contribution in [0.15, 0.2) is 115 Å². The minimum atomic E-state index is -0.602. The van der Waals surface area contributed by atoms with Crippen molar-refractivity contribution in [2.45, 2.75) is 6.61 Å². The van der Waals surface area contributed by atoms with Crippen LogP contribution in [0.5, 0.6) is 17.2 Å². The second-order valence-corrected chi connectivity index (χ2v) is 10.8. The number of thiocarbonyl (C=S) groups is 1. The molecule has 6 rings (SSSR count). The lowest BCUT2D eigenvalue weighted by atomic mass is 9.99. The van der Waals surface area contributed by atoms with Gasteiger partial charge in [-0.1, -0.05) is 77.8 Å². The van der Waals surface area contributed by atoms with Crippen LogP contribution in [0.3, 0.4) is 0 Å². The number of hydrogen-bond donors (Lipinski definition) is 1. The van der Waals surface area contributed by atoms with Gasteiger partial charge in [-0.05, 0) is 83.7 Å². The van der Waals surface area contributed by atoms with Crippen LogP contribution in [0, 0.1) is 0 Å². The number of amides is 2. The normalized spacial score (nSPS) is 14.2. The van der Waals surface area contributed by atoms with Gasteiger partial charge < -0.3 is 9.47 Å². The molecule has 43 heavy (non-hydrogen) atoms. The average molecular weight is 626 g/mol. The van der Waals surface area contributed by atoms with Gasteiger partial charge in [0, 0.05) is 21.2 Å². The van der Waals surface area contributed by atoms with E-state index in [1.165, 1.54) is 4.90 Å². The van der Waals surface area contributed by atoms with Crippen LogP contribution in [-0.2, 0) is 16.2 Å². The number of anilines is 1. The minimum absolute atomic E-state index is 0.0179. The molecule has 0 spiro atoms. The number of benzene rings is 5. The summed E-state index contributed by atoms with van der Waals surface area (Å²) in [5.41, 5.74) is 1.69. The number of carbonyl (C=O) groups excluding carboxylic acids is 2. The number of nitrogens with one attached hydrogen (secondary N) is 1. The summed E-state index contributed by atoms with van der Waals surface area (Å²) in [7, 11) is 0. The van der Waals surface area contributed by atoms with Gasteiger partial charge in [-0.2, -0.15) is 0 Å². The van der Waals surface area contributed by atoms with Gasteiger partial charge in [0.1, 0.15) is 29.4 Å². The number of carbonyl (C=O) groups is 2. The van der Waals surface area contributed by atoms with Crippen molar-refractivity contribution < 1.29 is 19.1 Å². The Morgan fingerprint density at radius 3 is 2.30 bits per heavy atom. The highest BCUT2D eigenvalue weighted by Gasteiger charge is 2.35. The molecule has 0 atom stereocenters. The van der Waals surface area contributed by atoms with Gasteiger partial charge in [0.2, 0.25) is 0 Å². The van der Waals surface area contributed by atoms with Crippen LogP contribution in [0.25, 0.3) is 16.8 Å². The largest absolute Gasteiger partial charge is 0.488 e. The Morgan fingerprint density at radius 2 is 1.53 bits per heavy atom. The SMILES string of the molecule is O=C1NC(=S)N(c2ccc(Oc3ccccc3)cc2)C(=O)C1=Cc1c(OCc2ccc(Cl)cc2Cl)ccc2ccccc12. The fourth-order valence-corrected chi connectivity index (χ4v) is 5.41. The van der Waals surface area contributed by atoms with Crippen molar-refractivity contribution in [1.29, 1.82) is 0 Å². The number of ether oxygens (including phenoxy) is 2. The van der Waals surface area contributed by atoms with Crippen LogP contribution in [0.1, 0.15) is 11.1 Å². The predicted molar refractivity (Wildman–Crippen MR) is 174 cm³/mol. The fraction of sp³-hybridized carbons (Fsp3) is 0.0294. The lowest BCUT2D eigenvalue weighted by molar-refractivity contribution is -0.122. The number of halogens is 2. The Balaban J connectivity index is 1.34.